The molecule has 21 heavy (non-hydrogen) atoms. The standard InChI is InChI=1S/C15H16ClN3O2/c16-10-1-4-12-13(7-10)21-15(18-12)19-6-5-9(8-19)14(20)17-11-2-3-11/h1,4,7,9,11H,2-3,5-6,8H2,(H,17,20). The van der Waals surface area contributed by atoms with Crippen LogP contribution in [-0.2, 0) is 4.79 Å². The number of halogens is 1. The quantitative estimate of drug-likeness (QED) is 0.947. The van der Waals surface area contributed by atoms with E-state index in [1.807, 2.05) is 11.0 Å². The molecule has 6 heteroatoms. The lowest BCUT2D eigenvalue weighted by Gasteiger charge is -2.13. The van der Waals surface area contributed by atoms with Crippen LogP contribution in [0.15, 0.2) is 22.6 Å². The van der Waals surface area contributed by atoms with Crippen LogP contribution in [0.25, 0.3) is 11.1 Å². The summed E-state index contributed by atoms with van der Waals surface area (Å²) in [7, 11) is 0. The lowest BCUT2D eigenvalue weighted by molar-refractivity contribution is -0.124. The van der Waals surface area contributed by atoms with Gasteiger partial charge in [0.05, 0.1) is 5.92 Å². The highest BCUT2D eigenvalue weighted by Crippen LogP contribution is 2.29. The monoisotopic (exact) mass is 305 g/mol. The Morgan fingerprint density at radius 3 is 3.05 bits per heavy atom. The topological polar surface area (TPSA) is 58.4 Å². The van der Waals surface area contributed by atoms with E-state index < -0.39 is 0 Å². The van der Waals surface area contributed by atoms with Crippen molar-refractivity contribution in [1.82, 2.24) is 10.3 Å². The number of hydrogen-bond donors (Lipinski definition) is 1. The van der Waals surface area contributed by atoms with Gasteiger partial charge in [-0.2, -0.15) is 4.98 Å². The molecule has 2 heterocycles. The fourth-order valence-corrected chi connectivity index (χ4v) is 2.88. The van der Waals surface area contributed by atoms with Gasteiger partial charge in [0.25, 0.3) is 6.01 Å². The number of rotatable bonds is 3. The Bertz CT molecular complexity index is 695. The Morgan fingerprint density at radius 2 is 2.24 bits per heavy atom. The molecule has 5 nitrogen and oxygen atoms in total. The number of oxazole rings is 1. The third kappa shape index (κ3) is 2.58. The summed E-state index contributed by atoms with van der Waals surface area (Å²) in [6.45, 7) is 1.46. The summed E-state index contributed by atoms with van der Waals surface area (Å²) >= 11 is 5.95. The second-order valence-electron chi connectivity index (χ2n) is 5.82. The average molecular weight is 306 g/mol. The summed E-state index contributed by atoms with van der Waals surface area (Å²) < 4.78 is 5.75. The van der Waals surface area contributed by atoms with Crippen molar-refractivity contribution in [3.8, 4) is 0 Å². The number of hydrogen-bond acceptors (Lipinski definition) is 4. The first kappa shape index (κ1) is 13.0. The van der Waals surface area contributed by atoms with Crippen molar-refractivity contribution < 1.29 is 9.21 Å². The molecule has 1 unspecified atom stereocenters. The summed E-state index contributed by atoms with van der Waals surface area (Å²) in [6.07, 6.45) is 3.08. The third-order valence-electron chi connectivity index (χ3n) is 4.09. The predicted octanol–water partition coefficient (Wildman–Crippen LogP) is 2.59. The van der Waals surface area contributed by atoms with E-state index in [0.717, 1.165) is 31.3 Å². The van der Waals surface area contributed by atoms with E-state index >= 15 is 0 Å². The van der Waals surface area contributed by atoms with Gasteiger partial charge in [-0.15, -0.1) is 0 Å². The smallest absolute Gasteiger partial charge is 0.298 e. The fraction of sp³-hybridized carbons (Fsp3) is 0.467. The fourth-order valence-electron chi connectivity index (χ4n) is 2.72. The van der Waals surface area contributed by atoms with Gasteiger partial charge in [0.2, 0.25) is 5.91 Å². The van der Waals surface area contributed by atoms with E-state index in [1.54, 1.807) is 12.1 Å². The van der Waals surface area contributed by atoms with Crippen molar-refractivity contribution in [2.75, 3.05) is 18.0 Å². The molecule has 1 aromatic carbocycles. The van der Waals surface area contributed by atoms with Crippen LogP contribution in [0.4, 0.5) is 6.01 Å². The molecule has 1 aliphatic carbocycles. The van der Waals surface area contributed by atoms with Crippen LogP contribution in [0.5, 0.6) is 0 Å². The molecule has 1 saturated heterocycles. The number of nitrogens with one attached hydrogen (secondary N) is 1. The number of fused-ring (bicyclic) bond motifs is 1. The van der Waals surface area contributed by atoms with Gasteiger partial charge in [-0.25, -0.2) is 0 Å². The second kappa shape index (κ2) is 4.91. The molecule has 0 spiro atoms. The number of carbonyl (C=O) groups excluding carboxylic acids is 1. The van der Waals surface area contributed by atoms with E-state index in [-0.39, 0.29) is 11.8 Å². The molecule has 1 saturated carbocycles. The summed E-state index contributed by atoms with van der Waals surface area (Å²) in [5.74, 6) is 0.198. The molecule has 1 atom stereocenters. The Hall–Kier alpha value is -1.75. The largest absolute Gasteiger partial charge is 0.423 e. The highest BCUT2D eigenvalue weighted by Gasteiger charge is 2.33. The summed E-state index contributed by atoms with van der Waals surface area (Å²) in [5.41, 5.74) is 1.48. The van der Waals surface area contributed by atoms with Gasteiger partial charge >= 0.3 is 0 Å². The molecular formula is C15H16ClN3O2. The zero-order valence-corrected chi connectivity index (χ0v) is 12.3. The van der Waals surface area contributed by atoms with Crippen LogP contribution < -0.4 is 10.2 Å². The second-order valence-corrected chi connectivity index (χ2v) is 6.26. The van der Waals surface area contributed by atoms with E-state index in [4.69, 9.17) is 16.0 Å². The summed E-state index contributed by atoms with van der Waals surface area (Å²) in [6, 6.07) is 6.40. The molecule has 0 bridgehead atoms. The minimum absolute atomic E-state index is 0.0317. The first-order valence-corrected chi connectivity index (χ1v) is 7.68. The molecule has 1 aliphatic heterocycles. The van der Waals surface area contributed by atoms with Crippen LogP contribution in [0.3, 0.4) is 0 Å². The zero-order chi connectivity index (χ0) is 14.4. The van der Waals surface area contributed by atoms with Gasteiger partial charge in [-0.05, 0) is 31.4 Å². The first-order chi connectivity index (χ1) is 10.2. The van der Waals surface area contributed by atoms with Gasteiger partial charge in [-0.1, -0.05) is 11.6 Å². The number of carbonyl (C=O) groups is 1. The number of benzene rings is 1. The minimum Gasteiger partial charge on any atom is -0.423 e. The van der Waals surface area contributed by atoms with Gasteiger partial charge in [0, 0.05) is 30.2 Å². The highest BCUT2D eigenvalue weighted by molar-refractivity contribution is 6.31. The normalized spacial score (nSPS) is 22.0. The van der Waals surface area contributed by atoms with E-state index in [1.165, 1.54) is 0 Å². The van der Waals surface area contributed by atoms with Crippen molar-refractivity contribution in [3.05, 3.63) is 23.2 Å². The van der Waals surface area contributed by atoms with E-state index in [9.17, 15) is 4.79 Å². The maximum absolute atomic E-state index is 12.1. The van der Waals surface area contributed by atoms with Crippen molar-refractivity contribution >= 4 is 34.6 Å². The molecule has 2 fully saturated rings. The molecule has 1 N–H and O–H groups in total. The summed E-state index contributed by atoms with van der Waals surface area (Å²) in [4.78, 5) is 18.6. The predicted molar refractivity (Wildman–Crippen MR) is 80.5 cm³/mol. The minimum atomic E-state index is 0.0317. The van der Waals surface area contributed by atoms with Crippen LogP contribution in [0.1, 0.15) is 19.3 Å². The van der Waals surface area contributed by atoms with Gasteiger partial charge in [0.15, 0.2) is 5.58 Å². The third-order valence-corrected chi connectivity index (χ3v) is 4.33. The SMILES string of the molecule is O=C(NC1CC1)C1CCN(c2nc3ccc(Cl)cc3o2)C1. The number of nitrogens with zero attached hydrogens (tertiary/aromatic N) is 2. The van der Waals surface area contributed by atoms with Crippen molar-refractivity contribution in [1.29, 1.82) is 0 Å². The molecule has 1 amide bonds. The molecule has 4 rings (SSSR count). The van der Waals surface area contributed by atoms with Gasteiger partial charge in [0.1, 0.15) is 5.52 Å². The molecular weight excluding hydrogens is 290 g/mol. The Balaban J connectivity index is 1.49. The number of anilines is 1. The van der Waals surface area contributed by atoms with Gasteiger partial charge < -0.3 is 14.6 Å². The average Bonchev–Trinajstić information content (AvgIpc) is 3.01. The Kier molecular flexibility index (Phi) is 3.03. The molecule has 0 radical (unpaired) electrons. The molecule has 2 aromatic rings. The first-order valence-electron chi connectivity index (χ1n) is 7.30. The van der Waals surface area contributed by atoms with Crippen LogP contribution in [0.2, 0.25) is 5.02 Å². The Morgan fingerprint density at radius 1 is 1.38 bits per heavy atom. The van der Waals surface area contributed by atoms with E-state index in [2.05, 4.69) is 10.3 Å². The molecule has 110 valence electrons. The lowest BCUT2D eigenvalue weighted by Crippen LogP contribution is -2.34. The molecule has 1 aromatic heterocycles. The van der Waals surface area contributed by atoms with Crippen molar-refractivity contribution in [2.24, 2.45) is 5.92 Å². The Labute approximate surface area is 127 Å². The van der Waals surface area contributed by atoms with Gasteiger partial charge in [-0.3, -0.25) is 4.79 Å². The maximum atomic E-state index is 12.1. The van der Waals surface area contributed by atoms with Crippen LogP contribution in [-0.4, -0.2) is 30.0 Å². The van der Waals surface area contributed by atoms with Crippen LogP contribution in [0, 0.1) is 5.92 Å². The summed E-state index contributed by atoms with van der Waals surface area (Å²) in [5, 5.41) is 3.70. The van der Waals surface area contributed by atoms with E-state index in [0.29, 0.717) is 29.2 Å². The number of aromatic nitrogens is 1. The highest BCUT2D eigenvalue weighted by atomic mass is 35.5. The lowest BCUT2D eigenvalue weighted by atomic mass is 10.1. The van der Waals surface area contributed by atoms with Crippen molar-refractivity contribution in [2.45, 2.75) is 25.3 Å². The maximum Gasteiger partial charge on any atom is 0.298 e. The van der Waals surface area contributed by atoms with Crippen LogP contribution >= 0.6 is 11.6 Å². The van der Waals surface area contributed by atoms with Crippen molar-refractivity contribution in [3.63, 3.8) is 0 Å². The zero-order valence-electron chi connectivity index (χ0n) is 11.5. The molecule has 2 aliphatic rings. The number of amides is 1.